The van der Waals surface area contributed by atoms with E-state index in [4.69, 9.17) is 9.26 Å². The first-order valence-corrected chi connectivity index (χ1v) is 16.6. The number of likely N-dealkylation sites (N-methyl/N-ethyl adjacent to an activating group) is 1. The van der Waals surface area contributed by atoms with Crippen LogP contribution in [0.4, 0.5) is 0 Å². The van der Waals surface area contributed by atoms with Crippen molar-refractivity contribution in [2.75, 3.05) is 46.2 Å². The monoisotopic (exact) mass is 562 g/mol. The second kappa shape index (κ2) is 12.1. The molecule has 212 valence electrons. The average molecular weight is 563 g/mol. The number of pyridine rings is 1. The number of aryl methyl sites for hydroxylation is 1. The van der Waals surface area contributed by atoms with Crippen molar-refractivity contribution < 1.29 is 18.6 Å². The first kappa shape index (κ1) is 28.3. The van der Waals surface area contributed by atoms with E-state index in [0.717, 1.165) is 83.3 Å². The standard InChI is InChI=1S/C31H39N4O4P/c1-5-35(15-17-39-40(3,4)37)14-7-16-38-27-13-12-25(28-26-18-21(2)20-32-30(26)34-29(27)28)22-8-6-9-23(19-22)31(36)33-24-10-11-24/h6,8-9,12-13,18-20,24H,5,7,10-11,14-17H2,1-4H3,(H,32,34)(H,33,36). The van der Waals surface area contributed by atoms with Gasteiger partial charge in [0.25, 0.3) is 5.91 Å². The predicted octanol–water partition coefficient (Wildman–Crippen LogP) is 6.23. The van der Waals surface area contributed by atoms with Gasteiger partial charge in [-0.3, -0.25) is 9.36 Å². The summed E-state index contributed by atoms with van der Waals surface area (Å²) in [6.45, 7) is 11.0. The van der Waals surface area contributed by atoms with E-state index in [1.165, 1.54) is 0 Å². The molecule has 0 unspecified atom stereocenters. The number of H-pyrrole nitrogens is 1. The molecule has 9 heteroatoms. The van der Waals surface area contributed by atoms with E-state index in [9.17, 15) is 9.36 Å². The second-order valence-corrected chi connectivity index (χ2v) is 13.7. The largest absolute Gasteiger partial charge is 0.491 e. The third-order valence-electron chi connectivity index (χ3n) is 7.19. The smallest absolute Gasteiger partial charge is 0.251 e. The molecule has 0 radical (unpaired) electrons. The summed E-state index contributed by atoms with van der Waals surface area (Å²) >= 11 is 0. The van der Waals surface area contributed by atoms with Crippen LogP contribution in [0.5, 0.6) is 5.75 Å². The van der Waals surface area contributed by atoms with Crippen LogP contribution in [0.3, 0.4) is 0 Å². The van der Waals surface area contributed by atoms with Crippen molar-refractivity contribution in [2.24, 2.45) is 0 Å². The fourth-order valence-electron chi connectivity index (χ4n) is 4.94. The molecule has 1 aliphatic rings. The molecule has 2 aromatic heterocycles. The van der Waals surface area contributed by atoms with Crippen molar-refractivity contribution >= 4 is 35.2 Å². The Balaban J connectivity index is 1.37. The van der Waals surface area contributed by atoms with E-state index in [0.29, 0.717) is 24.8 Å². The molecule has 2 aromatic carbocycles. The van der Waals surface area contributed by atoms with Gasteiger partial charge in [0.15, 0.2) is 7.37 Å². The number of benzene rings is 2. The summed E-state index contributed by atoms with van der Waals surface area (Å²) in [5, 5.41) is 5.16. The summed E-state index contributed by atoms with van der Waals surface area (Å²) in [7, 11) is -2.46. The van der Waals surface area contributed by atoms with E-state index in [1.54, 1.807) is 13.3 Å². The average Bonchev–Trinajstić information content (AvgIpc) is 3.66. The van der Waals surface area contributed by atoms with Crippen LogP contribution < -0.4 is 10.1 Å². The van der Waals surface area contributed by atoms with E-state index in [-0.39, 0.29) is 5.91 Å². The highest BCUT2D eigenvalue weighted by atomic mass is 31.2. The lowest BCUT2D eigenvalue weighted by Gasteiger charge is -2.21. The highest BCUT2D eigenvalue weighted by Gasteiger charge is 2.24. The van der Waals surface area contributed by atoms with Crippen molar-refractivity contribution in [2.45, 2.75) is 39.2 Å². The third kappa shape index (κ3) is 6.92. The number of fused-ring (bicyclic) bond motifs is 3. The minimum absolute atomic E-state index is 0.0249. The van der Waals surface area contributed by atoms with Gasteiger partial charge in [-0.15, -0.1) is 0 Å². The summed E-state index contributed by atoms with van der Waals surface area (Å²) in [5.41, 5.74) is 5.46. The van der Waals surface area contributed by atoms with Crippen LogP contribution in [-0.4, -0.2) is 73.0 Å². The Bertz CT molecular complexity index is 1560. The normalized spacial score (nSPS) is 13.8. The molecule has 0 bridgehead atoms. The highest BCUT2D eigenvalue weighted by molar-refractivity contribution is 7.57. The van der Waals surface area contributed by atoms with Crippen molar-refractivity contribution in [3.63, 3.8) is 0 Å². The Morgan fingerprint density at radius 1 is 1.15 bits per heavy atom. The van der Waals surface area contributed by atoms with Crippen LogP contribution in [0, 0.1) is 6.92 Å². The fraction of sp³-hybridized carbons (Fsp3) is 0.419. The number of nitrogens with zero attached hydrogens (tertiary/aromatic N) is 2. The summed E-state index contributed by atoms with van der Waals surface area (Å²) in [4.78, 5) is 23.2. The lowest BCUT2D eigenvalue weighted by atomic mass is 9.97. The van der Waals surface area contributed by atoms with Crippen molar-refractivity contribution in [3.8, 4) is 16.9 Å². The van der Waals surface area contributed by atoms with Gasteiger partial charge in [0, 0.05) is 55.0 Å². The summed E-state index contributed by atoms with van der Waals surface area (Å²) in [6.07, 6.45) is 4.82. The van der Waals surface area contributed by atoms with Crippen LogP contribution in [0.25, 0.3) is 33.1 Å². The quantitative estimate of drug-likeness (QED) is 0.148. The Morgan fingerprint density at radius 2 is 1.98 bits per heavy atom. The molecule has 0 atom stereocenters. The SMILES string of the molecule is CCN(CCCOc1ccc(-c2cccc(C(=O)NC3CC3)c2)c2c1[nH]c1ncc(C)cc12)CCOP(C)(C)=O. The van der Waals surface area contributed by atoms with Crippen molar-refractivity contribution in [1.82, 2.24) is 20.2 Å². The molecule has 2 heterocycles. The third-order valence-corrected chi connectivity index (χ3v) is 7.99. The number of aromatic nitrogens is 2. The molecule has 1 saturated carbocycles. The molecule has 1 amide bonds. The predicted molar refractivity (Wildman–Crippen MR) is 162 cm³/mol. The van der Waals surface area contributed by atoms with Gasteiger partial charge in [0.05, 0.1) is 18.7 Å². The summed E-state index contributed by atoms with van der Waals surface area (Å²) in [6, 6.07) is 14.4. The van der Waals surface area contributed by atoms with Gasteiger partial charge < -0.3 is 24.5 Å². The number of carbonyl (C=O) groups is 1. The first-order chi connectivity index (χ1) is 19.2. The molecular weight excluding hydrogens is 523 g/mol. The summed E-state index contributed by atoms with van der Waals surface area (Å²) in [5.74, 6) is 0.754. The van der Waals surface area contributed by atoms with E-state index >= 15 is 0 Å². The molecule has 0 saturated heterocycles. The number of nitrogens with one attached hydrogen (secondary N) is 2. The van der Waals surface area contributed by atoms with Gasteiger partial charge in [-0.25, -0.2) is 4.98 Å². The molecular formula is C31H39N4O4P. The van der Waals surface area contributed by atoms with Crippen molar-refractivity contribution in [1.29, 1.82) is 0 Å². The molecule has 2 N–H and O–H groups in total. The zero-order chi connectivity index (χ0) is 28.3. The Hall–Kier alpha value is -3.19. The van der Waals surface area contributed by atoms with Gasteiger partial charge in [-0.2, -0.15) is 0 Å². The topological polar surface area (TPSA) is 96.6 Å². The van der Waals surface area contributed by atoms with E-state index < -0.39 is 7.37 Å². The number of amides is 1. The second-order valence-electron chi connectivity index (χ2n) is 10.9. The Labute approximate surface area is 235 Å². The fourth-order valence-corrected chi connectivity index (χ4v) is 5.46. The molecule has 8 nitrogen and oxygen atoms in total. The highest BCUT2D eigenvalue weighted by Crippen LogP contribution is 2.39. The zero-order valence-electron chi connectivity index (χ0n) is 23.8. The Morgan fingerprint density at radius 3 is 2.73 bits per heavy atom. The lowest BCUT2D eigenvalue weighted by molar-refractivity contribution is 0.0951. The maximum absolute atomic E-state index is 12.8. The lowest BCUT2D eigenvalue weighted by Crippen LogP contribution is -2.29. The maximum atomic E-state index is 12.8. The molecule has 40 heavy (non-hydrogen) atoms. The minimum atomic E-state index is -2.46. The van der Waals surface area contributed by atoms with Gasteiger partial charge in [-0.05, 0) is 79.8 Å². The first-order valence-electron chi connectivity index (χ1n) is 14.1. The zero-order valence-corrected chi connectivity index (χ0v) is 24.7. The minimum Gasteiger partial charge on any atom is -0.491 e. The number of carbonyl (C=O) groups excluding carboxylic acids is 1. The van der Waals surface area contributed by atoms with Crippen LogP contribution in [-0.2, 0) is 9.09 Å². The molecule has 0 spiro atoms. The number of rotatable bonds is 13. The summed E-state index contributed by atoms with van der Waals surface area (Å²) < 4.78 is 23.6. The molecule has 1 aliphatic carbocycles. The van der Waals surface area contributed by atoms with Crippen LogP contribution in [0.1, 0.15) is 42.1 Å². The van der Waals surface area contributed by atoms with Crippen LogP contribution >= 0.6 is 7.37 Å². The van der Waals surface area contributed by atoms with Crippen molar-refractivity contribution in [3.05, 3.63) is 59.8 Å². The Kier molecular flexibility index (Phi) is 8.60. The van der Waals surface area contributed by atoms with E-state index in [1.807, 2.05) is 43.5 Å². The van der Waals surface area contributed by atoms with Gasteiger partial charge in [-0.1, -0.05) is 19.1 Å². The van der Waals surface area contributed by atoms with E-state index in [2.05, 4.69) is 39.2 Å². The molecule has 4 aromatic rings. The number of hydrogen-bond acceptors (Lipinski definition) is 6. The van der Waals surface area contributed by atoms with Gasteiger partial charge in [0.1, 0.15) is 11.4 Å². The maximum Gasteiger partial charge on any atom is 0.251 e. The molecule has 5 rings (SSSR count). The number of aromatic amines is 1. The molecule has 0 aliphatic heterocycles. The number of ether oxygens (including phenoxy) is 1. The van der Waals surface area contributed by atoms with Crippen LogP contribution in [0.15, 0.2) is 48.7 Å². The number of hydrogen-bond donors (Lipinski definition) is 2. The van der Waals surface area contributed by atoms with Gasteiger partial charge >= 0.3 is 0 Å². The molecule has 1 fully saturated rings. The van der Waals surface area contributed by atoms with Gasteiger partial charge in [0.2, 0.25) is 0 Å². The van der Waals surface area contributed by atoms with Crippen LogP contribution in [0.2, 0.25) is 0 Å².